The molecule has 14 heteroatoms. The second-order valence-electron chi connectivity index (χ2n) is 6.02. The summed E-state index contributed by atoms with van der Waals surface area (Å²) in [5.41, 5.74) is -0.0343. The van der Waals surface area contributed by atoms with Crippen molar-refractivity contribution in [2.24, 2.45) is 0 Å². The molecule has 0 saturated carbocycles. The molecule has 2 unspecified atom stereocenters. The molecule has 31 heavy (non-hydrogen) atoms. The van der Waals surface area contributed by atoms with Gasteiger partial charge in [-0.05, 0) is 67.8 Å². The van der Waals surface area contributed by atoms with E-state index in [9.17, 15) is 29.7 Å². The van der Waals surface area contributed by atoms with Crippen molar-refractivity contribution in [1.29, 1.82) is 0 Å². The van der Waals surface area contributed by atoms with Gasteiger partial charge in [-0.1, -0.05) is 0 Å². The fraction of sp³-hybridized carbons (Fsp3) is 0.471. The summed E-state index contributed by atoms with van der Waals surface area (Å²) < 4.78 is 10.6. The number of hydrogen-bond acceptors (Lipinski definition) is 10. The van der Waals surface area contributed by atoms with Crippen LogP contribution >= 0.6 is 67.8 Å². The van der Waals surface area contributed by atoms with Gasteiger partial charge in [0.25, 0.3) is 5.91 Å². The Labute approximate surface area is 218 Å². The molecule has 0 saturated heterocycles. The predicted octanol–water partition coefficient (Wildman–Crippen LogP) is -0.525. The highest BCUT2D eigenvalue weighted by molar-refractivity contribution is 14.1. The number of anilines is 1. The smallest absolute Gasteiger partial charge is 0.340 e. The van der Waals surface area contributed by atoms with Gasteiger partial charge in [-0.25, -0.2) is 9.59 Å². The highest BCUT2D eigenvalue weighted by Gasteiger charge is 2.32. The van der Waals surface area contributed by atoms with Gasteiger partial charge in [0.2, 0.25) is 0 Å². The van der Waals surface area contributed by atoms with Gasteiger partial charge >= 0.3 is 11.9 Å². The highest BCUT2D eigenvalue weighted by Crippen LogP contribution is 2.38. The zero-order valence-electron chi connectivity index (χ0n) is 16.0. The van der Waals surface area contributed by atoms with Crippen molar-refractivity contribution in [3.63, 3.8) is 0 Å². The van der Waals surface area contributed by atoms with Crippen LogP contribution in [0.1, 0.15) is 20.7 Å². The quantitative estimate of drug-likeness (QED) is 0.154. The Bertz CT molecular complexity index is 782. The van der Waals surface area contributed by atoms with E-state index in [1.165, 1.54) is 7.05 Å². The Morgan fingerprint density at radius 1 is 0.839 bits per heavy atom. The van der Waals surface area contributed by atoms with Gasteiger partial charge in [-0.3, -0.25) is 4.79 Å². The molecule has 0 fully saturated rings. The number of rotatable bonds is 10. The normalized spacial score (nSPS) is 12.8. The largest absolute Gasteiger partial charge is 0.459 e. The summed E-state index contributed by atoms with van der Waals surface area (Å²) in [6.45, 7) is -3.08. The van der Waals surface area contributed by atoms with Crippen LogP contribution in [0.15, 0.2) is 0 Å². The van der Waals surface area contributed by atoms with E-state index in [4.69, 9.17) is 19.7 Å². The lowest BCUT2D eigenvalue weighted by molar-refractivity contribution is -0.121. The van der Waals surface area contributed by atoms with Crippen LogP contribution in [0, 0.1) is 10.7 Å². The van der Waals surface area contributed by atoms with E-state index in [2.05, 4.69) is 0 Å². The predicted molar refractivity (Wildman–Crippen MR) is 132 cm³/mol. The summed E-state index contributed by atoms with van der Waals surface area (Å²) in [6.07, 6.45) is -2.60. The van der Waals surface area contributed by atoms with Gasteiger partial charge in [0.05, 0.1) is 37.2 Å². The van der Waals surface area contributed by atoms with E-state index in [1.54, 1.807) is 67.8 Å². The summed E-state index contributed by atoms with van der Waals surface area (Å²) in [4.78, 5) is 38.6. The van der Waals surface area contributed by atoms with E-state index < -0.39 is 63.1 Å². The molecule has 0 radical (unpaired) electrons. The molecule has 1 amide bonds. The van der Waals surface area contributed by atoms with Crippen LogP contribution in [-0.4, -0.2) is 95.7 Å². The Hall–Kier alpha value is -0.380. The number of carbonyl (C=O) groups is 3. The molecule has 0 aliphatic heterocycles. The minimum absolute atomic E-state index is 0.0889. The first-order valence-corrected chi connectivity index (χ1v) is 11.7. The second kappa shape index (κ2) is 13.4. The topological polar surface area (TPSA) is 174 Å². The molecule has 0 aliphatic carbocycles. The molecule has 1 aromatic rings. The van der Waals surface area contributed by atoms with Crippen molar-refractivity contribution in [2.45, 2.75) is 12.2 Å². The summed E-state index contributed by atoms with van der Waals surface area (Å²) >= 11 is 5.32. The van der Waals surface area contributed by atoms with Crippen LogP contribution in [0.5, 0.6) is 0 Å². The maximum atomic E-state index is 12.7. The molecule has 0 aromatic heterocycles. The third kappa shape index (κ3) is 7.30. The van der Waals surface area contributed by atoms with E-state index in [0.717, 1.165) is 4.90 Å². The minimum atomic E-state index is -1.30. The van der Waals surface area contributed by atoms with Gasteiger partial charge in [0, 0.05) is 10.6 Å². The molecule has 2 atom stereocenters. The van der Waals surface area contributed by atoms with E-state index in [-0.39, 0.29) is 27.5 Å². The molecule has 174 valence electrons. The first-order chi connectivity index (χ1) is 14.5. The number of aliphatic hydroxyl groups is 5. The maximum Gasteiger partial charge on any atom is 0.340 e. The van der Waals surface area contributed by atoms with Gasteiger partial charge in [0.1, 0.15) is 32.0 Å². The SMILES string of the molecule is CN(C(=O)CO)c1c(I)c(C(=O)OCC(O)CO)c(I)c(C(=O)OCC(O)CO)c1I. The molecule has 0 heterocycles. The van der Waals surface area contributed by atoms with Crippen LogP contribution in [0.3, 0.4) is 0 Å². The summed E-state index contributed by atoms with van der Waals surface area (Å²) in [5.74, 6) is -2.55. The van der Waals surface area contributed by atoms with Crippen molar-refractivity contribution in [2.75, 3.05) is 45.0 Å². The summed E-state index contributed by atoms with van der Waals surface area (Å²) in [6, 6.07) is 0. The van der Waals surface area contributed by atoms with Gasteiger partial charge in [0.15, 0.2) is 0 Å². The van der Waals surface area contributed by atoms with E-state index >= 15 is 0 Å². The number of amides is 1. The number of nitrogens with zero attached hydrogens (tertiary/aromatic N) is 1. The lowest BCUT2D eigenvalue weighted by atomic mass is 10.1. The van der Waals surface area contributed by atoms with Crippen LogP contribution in [0.2, 0.25) is 0 Å². The standard InChI is InChI=1S/C17H20I3NO10/c1-21(9(27)4-24)15-13(19)10(16(28)30-5-7(25)2-22)12(18)11(14(15)20)17(29)31-6-8(26)3-23/h7-8,22-26H,2-6H2,1H3. The number of halogens is 3. The summed E-state index contributed by atoms with van der Waals surface area (Å²) in [5, 5.41) is 45.9. The Morgan fingerprint density at radius 3 is 1.55 bits per heavy atom. The van der Waals surface area contributed by atoms with Gasteiger partial charge in [-0.2, -0.15) is 0 Å². The molecule has 11 nitrogen and oxygen atoms in total. The Balaban J connectivity index is 3.59. The number of likely N-dealkylation sites (N-methyl/N-ethyl adjacent to an activating group) is 1. The van der Waals surface area contributed by atoms with Crippen molar-refractivity contribution in [1.82, 2.24) is 0 Å². The van der Waals surface area contributed by atoms with E-state index in [0.29, 0.717) is 0 Å². The number of benzene rings is 1. The molecule has 1 aromatic carbocycles. The lowest BCUT2D eigenvalue weighted by Crippen LogP contribution is -2.32. The third-order valence-corrected chi connectivity index (χ3v) is 6.96. The molecular weight excluding hydrogens is 759 g/mol. The van der Waals surface area contributed by atoms with Crippen LogP contribution in [0.4, 0.5) is 5.69 Å². The monoisotopic (exact) mass is 779 g/mol. The average Bonchev–Trinajstić information content (AvgIpc) is 2.74. The van der Waals surface area contributed by atoms with E-state index in [1.807, 2.05) is 0 Å². The molecular formula is C17H20I3NO10. The fourth-order valence-corrected chi connectivity index (χ4v) is 6.90. The zero-order chi connectivity index (χ0) is 23.9. The molecule has 1 rings (SSSR count). The fourth-order valence-electron chi connectivity index (χ4n) is 2.13. The second-order valence-corrected chi connectivity index (χ2v) is 9.26. The molecule has 0 bridgehead atoms. The van der Waals surface area contributed by atoms with Crippen molar-refractivity contribution in [3.05, 3.63) is 21.8 Å². The number of esters is 2. The first kappa shape index (κ1) is 28.7. The van der Waals surface area contributed by atoms with Crippen molar-refractivity contribution < 1.29 is 49.4 Å². The molecule has 0 aliphatic rings. The Morgan fingerprint density at radius 2 is 1.23 bits per heavy atom. The molecule has 0 spiro atoms. The number of carbonyl (C=O) groups excluding carboxylic acids is 3. The van der Waals surface area contributed by atoms with Crippen LogP contribution in [0.25, 0.3) is 0 Å². The van der Waals surface area contributed by atoms with Crippen molar-refractivity contribution >= 4 is 91.3 Å². The van der Waals surface area contributed by atoms with Crippen LogP contribution in [-0.2, 0) is 14.3 Å². The Kier molecular flexibility index (Phi) is 12.3. The maximum absolute atomic E-state index is 12.7. The molecule has 5 N–H and O–H groups in total. The van der Waals surface area contributed by atoms with Crippen LogP contribution < -0.4 is 4.90 Å². The minimum Gasteiger partial charge on any atom is -0.459 e. The number of aliphatic hydroxyl groups excluding tert-OH is 5. The van der Waals surface area contributed by atoms with Gasteiger partial charge < -0.3 is 39.9 Å². The summed E-state index contributed by atoms with van der Waals surface area (Å²) in [7, 11) is 1.35. The van der Waals surface area contributed by atoms with Crippen molar-refractivity contribution in [3.8, 4) is 0 Å². The average molecular weight is 779 g/mol. The highest BCUT2D eigenvalue weighted by atomic mass is 127. The first-order valence-electron chi connectivity index (χ1n) is 8.51. The number of ether oxygens (including phenoxy) is 2. The number of hydrogen-bond donors (Lipinski definition) is 5. The lowest BCUT2D eigenvalue weighted by Gasteiger charge is -2.24. The third-order valence-electron chi connectivity index (χ3n) is 3.78. The van der Waals surface area contributed by atoms with Gasteiger partial charge in [-0.15, -0.1) is 0 Å². The zero-order valence-corrected chi connectivity index (χ0v) is 22.5.